The molecule has 88 valence electrons. The molecule has 0 aromatic heterocycles. The molecule has 15 heavy (non-hydrogen) atoms. The Balaban J connectivity index is 2.26. The number of aliphatic hydroxyl groups is 1. The second-order valence-electron chi connectivity index (χ2n) is 5.22. The topological polar surface area (TPSA) is 20.2 Å². The first kappa shape index (κ1) is 12.8. The molecule has 1 nitrogen and oxygen atoms in total. The summed E-state index contributed by atoms with van der Waals surface area (Å²) in [7, 11) is 0. The Bertz CT molecular complexity index is 188. The van der Waals surface area contributed by atoms with Crippen LogP contribution in [0.2, 0.25) is 0 Å². The molecule has 1 atom stereocenters. The van der Waals surface area contributed by atoms with E-state index >= 15 is 0 Å². The lowest BCUT2D eigenvalue weighted by Crippen LogP contribution is -2.20. The molecule has 1 aliphatic rings. The van der Waals surface area contributed by atoms with Gasteiger partial charge in [0.1, 0.15) is 0 Å². The Hall–Kier alpha value is -0.300. The first-order valence-electron chi connectivity index (χ1n) is 6.56. The summed E-state index contributed by atoms with van der Waals surface area (Å²) in [5, 5.41) is 10.1. The van der Waals surface area contributed by atoms with Crippen LogP contribution in [0.4, 0.5) is 0 Å². The molecule has 1 fully saturated rings. The van der Waals surface area contributed by atoms with Gasteiger partial charge in [0.25, 0.3) is 0 Å². The SMILES string of the molecule is CCCCC[C@@](C)(O)/C=C/C1CCCC1. The van der Waals surface area contributed by atoms with Gasteiger partial charge in [-0.1, -0.05) is 51.2 Å². The van der Waals surface area contributed by atoms with E-state index in [2.05, 4.69) is 13.0 Å². The standard InChI is InChI=1S/C14H26O/c1-3-4-7-11-14(2,15)12-10-13-8-5-6-9-13/h10,12-13,15H,3-9,11H2,1-2H3/b12-10+/t14-/m1/s1. The highest BCUT2D eigenvalue weighted by Gasteiger charge is 2.17. The Kier molecular flexibility index (Phi) is 5.38. The highest BCUT2D eigenvalue weighted by molar-refractivity contribution is 5.01. The van der Waals surface area contributed by atoms with Crippen molar-refractivity contribution in [2.75, 3.05) is 0 Å². The van der Waals surface area contributed by atoms with E-state index in [9.17, 15) is 5.11 Å². The Morgan fingerprint density at radius 3 is 2.53 bits per heavy atom. The monoisotopic (exact) mass is 210 g/mol. The minimum absolute atomic E-state index is 0.572. The first-order chi connectivity index (χ1) is 7.14. The lowest BCUT2D eigenvalue weighted by Gasteiger charge is -2.19. The fraction of sp³-hybridized carbons (Fsp3) is 0.857. The van der Waals surface area contributed by atoms with E-state index in [-0.39, 0.29) is 0 Å². The maximum Gasteiger partial charge on any atom is 0.0799 e. The lowest BCUT2D eigenvalue weighted by molar-refractivity contribution is 0.0980. The van der Waals surface area contributed by atoms with E-state index in [4.69, 9.17) is 0 Å². The van der Waals surface area contributed by atoms with Gasteiger partial charge in [-0.3, -0.25) is 0 Å². The maximum atomic E-state index is 10.1. The third kappa shape index (κ3) is 5.36. The number of unbranched alkanes of at least 4 members (excludes halogenated alkanes) is 2. The van der Waals surface area contributed by atoms with Crippen LogP contribution in [-0.2, 0) is 0 Å². The highest BCUT2D eigenvalue weighted by atomic mass is 16.3. The minimum Gasteiger partial charge on any atom is -0.386 e. The van der Waals surface area contributed by atoms with E-state index in [1.54, 1.807) is 0 Å². The van der Waals surface area contributed by atoms with Gasteiger partial charge in [-0.2, -0.15) is 0 Å². The normalized spacial score (nSPS) is 22.3. The van der Waals surface area contributed by atoms with Crippen molar-refractivity contribution < 1.29 is 5.11 Å². The molecular formula is C14H26O. The highest BCUT2D eigenvalue weighted by Crippen LogP contribution is 2.27. The molecule has 0 saturated heterocycles. The molecule has 0 heterocycles. The fourth-order valence-electron chi connectivity index (χ4n) is 2.31. The van der Waals surface area contributed by atoms with E-state index in [1.165, 1.54) is 38.5 Å². The number of rotatable bonds is 6. The van der Waals surface area contributed by atoms with Crippen molar-refractivity contribution in [3.8, 4) is 0 Å². The molecule has 1 saturated carbocycles. The molecule has 1 rings (SSSR count). The van der Waals surface area contributed by atoms with Gasteiger partial charge >= 0.3 is 0 Å². The quantitative estimate of drug-likeness (QED) is 0.517. The molecule has 0 unspecified atom stereocenters. The van der Waals surface area contributed by atoms with Crippen molar-refractivity contribution in [2.45, 2.75) is 70.8 Å². The lowest BCUT2D eigenvalue weighted by atomic mass is 9.95. The summed E-state index contributed by atoms with van der Waals surface area (Å²) in [4.78, 5) is 0. The summed E-state index contributed by atoms with van der Waals surface area (Å²) in [6, 6.07) is 0. The molecule has 1 heteroatoms. The van der Waals surface area contributed by atoms with E-state index in [1.807, 2.05) is 13.0 Å². The van der Waals surface area contributed by atoms with Gasteiger partial charge in [0.05, 0.1) is 5.60 Å². The molecule has 0 aromatic carbocycles. The second kappa shape index (κ2) is 6.32. The van der Waals surface area contributed by atoms with Crippen molar-refractivity contribution in [1.82, 2.24) is 0 Å². The molecule has 0 spiro atoms. The fourth-order valence-corrected chi connectivity index (χ4v) is 2.31. The van der Waals surface area contributed by atoms with Crippen LogP contribution in [0.15, 0.2) is 12.2 Å². The number of allylic oxidation sites excluding steroid dienone is 1. The van der Waals surface area contributed by atoms with E-state index in [0.29, 0.717) is 0 Å². The van der Waals surface area contributed by atoms with Gasteiger partial charge in [-0.05, 0) is 32.1 Å². The van der Waals surface area contributed by atoms with Crippen molar-refractivity contribution >= 4 is 0 Å². The maximum absolute atomic E-state index is 10.1. The molecule has 0 aliphatic heterocycles. The molecule has 0 amide bonds. The predicted molar refractivity (Wildman–Crippen MR) is 65.9 cm³/mol. The summed E-state index contributed by atoms with van der Waals surface area (Å²) < 4.78 is 0. The van der Waals surface area contributed by atoms with Crippen LogP contribution in [0.5, 0.6) is 0 Å². The number of hydrogen-bond acceptors (Lipinski definition) is 1. The van der Waals surface area contributed by atoms with Crippen LogP contribution < -0.4 is 0 Å². The zero-order valence-electron chi connectivity index (χ0n) is 10.3. The summed E-state index contributed by atoms with van der Waals surface area (Å²) in [6.07, 6.45) is 14.2. The average molecular weight is 210 g/mol. The van der Waals surface area contributed by atoms with Crippen LogP contribution in [0, 0.1) is 5.92 Å². The first-order valence-corrected chi connectivity index (χ1v) is 6.56. The summed E-state index contributed by atoms with van der Waals surface area (Å²) in [6.45, 7) is 4.14. The van der Waals surface area contributed by atoms with E-state index < -0.39 is 5.60 Å². The predicted octanol–water partition coefficient (Wildman–Crippen LogP) is 4.06. The smallest absolute Gasteiger partial charge is 0.0799 e. The summed E-state index contributed by atoms with van der Waals surface area (Å²) in [5.74, 6) is 0.739. The molecule has 0 aromatic rings. The Morgan fingerprint density at radius 2 is 1.93 bits per heavy atom. The van der Waals surface area contributed by atoms with Gasteiger partial charge in [0.15, 0.2) is 0 Å². The zero-order chi connectivity index (χ0) is 11.1. The van der Waals surface area contributed by atoms with Gasteiger partial charge in [-0.15, -0.1) is 0 Å². The van der Waals surface area contributed by atoms with Crippen LogP contribution >= 0.6 is 0 Å². The Labute approximate surface area is 94.6 Å². The van der Waals surface area contributed by atoms with Gasteiger partial charge in [0, 0.05) is 0 Å². The van der Waals surface area contributed by atoms with E-state index in [0.717, 1.165) is 18.8 Å². The van der Waals surface area contributed by atoms with Crippen molar-refractivity contribution in [3.63, 3.8) is 0 Å². The second-order valence-corrected chi connectivity index (χ2v) is 5.22. The van der Waals surface area contributed by atoms with Crippen molar-refractivity contribution in [3.05, 3.63) is 12.2 Å². The zero-order valence-corrected chi connectivity index (χ0v) is 10.3. The van der Waals surface area contributed by atoms with Crippen molar-refractivity contribution in [1.29, 1.82) is 0 Å². The van der Waals surface area contributed by atoms with Crippen LogP contribution in [0.1, 0.15) is 65.2 Å². The third-order valence-electron chi connectivity index (χ3n) is 3.41. The summed E-state index contributed by atoms with van der Waals surface area (Å²) >= 11 is 0. The number of hydrogen-bond donors (Lipinski definition) is 1. The van der Waals surface area contributed by atoms with Crippen LogP contribution in [0.25, 0.3) is 0 Å². The molecule has 0 radical (unpaired) electrons. The van der Waals surface area contributed by atoms with Crippen molar-refractivity contribution in [2.24, 2.45) is 5.92 Å². The largest absolute Gasteiger partial charge is 0.386 e. The molecule has 1 N–H and O–H groups in total. The molecular weight excluding hydrogens is 184 g/mol. The van der Waals surface area contributed by atoms with Crippen LogP contribution in [0.3, 0.4) is 0 Å². The van der Waals surface area contributed by atoms with Crippen LogP contribution in [-0.4, -0.2) is 10.7 Å². The van der Waals surface area contributed by atoms with Gasteiger partial charge in [-0.25, -0.2) is 0 Å². The van der Waals surface area contributed by atoms with Gasteiger partial charge < -0.3 is 5.11 Å². The van der Waals surface area contributed by atoms with Gasteiger partial charge in [0.2, 0.25) is 0 Å². The minimum atomic E-state index is -0.572. The average Bonchev–Trinajstić information content (AvgIpc) is 2.68. The Morgan fingerprint density at radius 1 is 1.27 bits per heavy atom. The third-order valence-corrected chi connectivity index (χ3v) is 3.41. The summed E-state index contributed by atoms with van der Waals surface area (Å²) in [5.41, 5.74) is -0.572. The molecule has 0 bridgehead atoms. The molecule has 1 aliphatic carbocycles.